The van der Waals surface area contributed by atoms with Gasteiger partial charge >= 0.3 is 51.8 Å². The second-order valence-corrected chi connectivity index (χ2v) is 36.9. The summed E-state index contributed by atoms with van der Waals surface area (Å²) in [6.45, 7) is 27.6. The van der Waals surface area contributed by atoms with Crippen molar-refractivity contribution in [2.45, 2.75) is 131 Å². The molecule has 3 aromatic carbocycles. The number of halogens is 6. The summed E-state index contributed by atoms with van der Waals surface area (Å²) in [7, 11) is -6.21. The van der Waals surface area contributed by atoms with E-state index in [2.05, 4.69) is 60.5 Å². The molecule has 6 N–H and O–H groups in total. The van der Waals surface area contributed by atoms with Gasteiger partial charge in [0.1, 0.15) is 28.6 Å². The molecule has 3 fully saturated rings. The monoisotopic (exact) mass is 1720 g/mol. The minimum atomic E-state index is -4.09. The molecule has 115 heavy (non-hydrogen) atoms. The Hall–Kier alpha value is -9.17. The summed E-state index contributed by atoms with van der Waals surface area (Å²) in [5.41, 5.74) is -2.93. The molecule has 0 bridgehead atoms. The standard InChI is InChI=1S/C22H25BF2N4O5S.C22H20F2N6O4S.C17H16BrFN4O3S.C12H24B2O4/c1-21(2)22(3,4)34-23(33-21)12-9-13-14(11-27-20(13)26-10-12)19(30)17-15(24)7-8-16(18(17)25)28-35(31,32)29(5)6;1-4-34-18-11-25-17(10-26-18)12-7-13-14(9-28-22(13)27-8-12)21(31)19-15(23)5-6-16(20(19)24)29-35(32,33)30(2)3;1-9-4-5-13(22-27(25,26)23(2)3)15(19)14(9)16(24)12-8-21-17-11(12)6-10(18)7-20-17;1-9(2)10(3,4)16-13(15-9)14-17-11(5,6)12(7,8)18-14/h7-11,28H,1-6H3,(H,26,27);5-11,29H,4H2,1-3H3,(H,27,28);4-8,22H,1-3H3,(H,20,21);1-8H3. The number of aromatic amines is 3. The van der Waals surface area contributed by atoms with Crippen LogP contribution in [0.2, 0.25) is 0 Å². The zero-order valence-corrected chi connectivity index (χ0v) is 70.4. The van der Waals surface area contributed by atoms with Crippen LogP contribution in [0.3, 0.4) is 0 Å². The number of aromatic nitrogens is 8. The summed E-state index contributed by atoms with van der Waals surface area (Å²) in [5.74, 6) is -8.07. The normalized spacial score (nSPS) is 16.7. The van der Waals surface area contributed by atoms with E-state index in [1.165, 1.54) is 97.8 Å². The third-order valence-electron chi connectivity index (χ3n) is 20.2. The minimum absolute atomic E-state index is 0.0451. The van der Waals surface area contributed by atoms with Gasteiger partial charge < -0.3 is 47.6 Å². The van der Waals surface area contributed by atoms with Crippen molar-refractivity contribution in [2.24, 2.45) is 0 Å². The number of carbonyl (C=O) groups is 3. The third kappa shape index (κ3) is 18.2. The Morgan fingerprint density at radius 2 is 0.826 bits per heavy atom. The Balaban J connectivity index is 0.000000166. The van der Waals surface area contributed by atoms with Crippen molar-refractivity contribution in [3.63, 3.8) is 0 Å². The lowest BCUT2D eigenvalue weighted by Crippen LogP contribution is -2.41. The second kappa shape index (κ2) is 32.7. The molecule has 0 aliphatic carbocycles. The number of anilines is 3. The Kier molecular flexibility index (Phi) is 25.1. The zero-order chi connectivity index (χ0) is 85.2. The lowest BCUT2D eigenvalue weighted by atomic mass is 9.49. The number of aryl methyl sites for hydroxylation is 1. The number of ether oxygens (including phenoxy) is 1. The summed E-state index contributed by atoms with van der Waals surface area (Å²) in [5, 5.41) is 1.13. The molecule has 3 aliphatic heterocycles. The highest BCUT2D eigenvalue weighted by Crippen LogP contribution is 2.44. The number of H-pyrrole nitrogens is 3. The molecule has 13 rings (SSSR count). The molecule has 10 aromatic rings. The molecule has 0 atom stereocenters. The van der Waals surface area contributed by atoms with Crippen LogP contribution in [0.4, 0.5) is 39.0 Å². The number of ketones is 3. The number of nitrogens with one attached hydrogen (secondary N) is 6. The lowest BCUT2D eigenvalue weighted by molar-refractivity contribution is 0.00578. The Bertz CT molecular complexity index is 5720. The number of fused-ring (bicyclic) bond motifs is 3. The number of rotatable bonds is 20. The molecule has 7 aromatic heterocycles. The highest BCUT2D eigenvalue weighted by Gasteiger charge is 2.64. The van der Waals surface area contributed by atoms with Gasteiger partial charge in [-0.05, 0) is 167 Å². The molecule has 42 heteroatoms. The Morgan fingerprint density at radius 3 is 1.22 bits per heavy atom. The van der Waals surface area contributed by atoms with E-state index in [0.717, 1.165) is 37.2 Å². The summed E-state index contributed by atoms with van der Waals surface area (Å²) < 4.78 is 198. The molecule has 3 aliphatic rings. The molecule has 612 valence electrons. The van der Waals surface area contributed by atoms with Crippen LogP contribution in [0.1, 0.15) is 143 Å². The summed E-state index contributed by atoms with van der Waals surface area (Å²) in [6.07, 6.45) is 11.6. The number of pyridine rings is 3. The van der Waals surface area contributed by atoms with Crippen LogP contribution in [0, 0.1) is 36.0 Å². The molecule has 10 heterocycles. The van der Waals surface area contributed by atoms with E-state index in [1.807, 2.05) is 99.5 Å². The van der Waals surface area contributed by atoms with Crippen molar-refractivity contribution < 1.29 is 94.3 Å². The molecule has 0 spiro atoms. The van der Waals surface area contributed by atoms with Crippen LogP contribution in [0.5, 0.6) is 5.88 Å². The van der Waals surface area contributed by atoms with Crippen LogP contribution >= 0.6 is 15.9 Å². The molecule has 0 radical (unpaired) electrons. The predicted molar refractivity (Wildman–Crippen MR) is 429 cm³/mol. The van der Waals surface area contributed by atoms with Gasteiger partial charge in [-0.1, -0.05) is 6.07 Å². The van der Waals surface area contributed by atoms with Crippen LogP contribution < -0.4 is 24.4 Å². The van der Waals surface area contributed by atoms with Gasteiger partial charge in [-0.3, -0.25) is 28.5 Å². The number of hydrogen-bond acceptors (Lipinski definition) is 21. The highest BCUT2D eigenvalue weighted by molar-refractivity contribution is 9.10. The van der Waals surface area contributed by atoms with Crippen molar-refractivity contribution in [3.05, 3.63) is 177 Å². The molecule has 0 saturated carbocycles. The van der Waals surface area contributed by atoms with Crippen molar-refractivity contribution >= 4 is 141 Å². The maximum Gasteiger partial charge on any atom is 0.496 e. The summed E-state index contributed by atoms with van der Waals surface area (Å²) in [4.78, 5) is 69.2. The maximum absolute atomic E-state index is 15.2. The van der Waals surface area contributed by atoms with Gasteiger partial charge in [-0.15, -0.1) is 0 Å². The smallest absolute Gasteiger partial charge is 0.477 e. The van der Waals surface area contributed by atoms with E-state index in [9.17, 15) is 48.4 Å². The van der Waals surface area contributed by atoms with Gasteiger partial charge in [0, 0.05) is 128 Å². The Labute approximate surface area is 671 Å². The van der Waals surface area contributed by atoms with Gasteiger partial charge in [0.25, 0.3) is 0 Å². The van der Waals surface area contributed by atoms with Crippen LogP contribution in [-0.4, -0.2) is 199 Å². The molecule has 0 unspecified atom stereocenters. The van der Waals surface area contributed by atoms with E-state index in [0.29, 0.717) is 72.3 Å². The number of carbonyl (C=O) groups excluding carboxylic acids is 3. The van der Waals surface area contributed by atoms with E-state index < -0.39 is 132 Å². The minimum Gasteiger partial charge on any atom is -0.477 e. The van der Waals surface area contributed by atoms with Crippen LogP contribution in [0.25, 0.3) is 44.4 Å². The van der Waals surface area contributed by atoms with Gasteiger partial charge in [0.05, 0.1) is 92.1 Å². The number of hydrogen-bond donors (Lipinski definition) is 6. The first-order valence-electron chi connectivity index (χ1n) is 35.3. The SMILES string of the molecule is CC1(C)OB(B2OC(C)(C)C(C)(C)O2)OC1(C)C.CCOc1cnc(-c2cnc3[nH]cc(C(=O)c4c(F)ccc(NS(=O)(=O)N(C)C)c4F)c3c2)cn1.CN(C)S(=O)(=O)Nc1ccc(F)c(C(=O)c2c[nH]c3ncc(B4OC(C)(C)C(C)(C)O4)cc23)c1F.Cc1ccc(NS(=O)(=O)N(C)C)c(F)c1C(=O)c1c[nH]c2ncc(Br)cc12. The first-order chi connectivity index (χ1) is 53.3. The molecule has 30 nitrogen and oxygen atoms in total. The first kappa shape index (κ1) is 88.2. The second-order valence-electron chi connectivity index (χ2n) is 30.3. The maximum atomic E-state index is 15.2. The van der Waals surface area contributed by atoms with E-state index in [1.54, 1.807) is 31.3 Å². The largest absolute Gasteiger partial charge is 0.496 e. The van der Waals surface area contributed by atoms with Crippen molar-refractivity contribution in [2.75, 3.05) is 63.1 Å². The van der Waals surface area contributed by atoms with E-state index >= 15 is 13.2 Å². The average Bonchev–Trinajstić information content (AvgIpc) is 1.59. The highest BCUT2D eigenvalue weighted by atomic mass is 79.9. The summed E-state index contributed by atoms with van der Waals surface area (Å²) >= 11 is 3.30. The van der Waals surface area contributed by atoms with Crippen molar-refractivity contribution in [1.82, 2.24) is 52.8 Å². The van der Waals surface area contributed by atoms with E-state index in [4.69, 9.17) is 32.7 Å². The van der Waals surface area contributed by atoms with Gasteiger partial charge in [-0.2, -0.15) is 38.2 Å². The topological polar surface area (TPSA) is 376 Å². The van der Waals surface area contributed by atoms with Gasteiger partial charge in [-0.25, -0.2) is 46.9 Å². The average molecular weight is 1720 g/mol. The van der Waals surface area contributed by atoms with E-state index in [-0.39, 0.29) is 50.3 Å². The van der Waals surface area contributed by atoms with Gasteiger partial charge in [0.15, 0.2) is 23.2 Å². The fourth-order valence-electron chi connectivity index (χ4n) is 11.3. The first-order valence-corrected chi connectivity index (χ1v) is 40.5. The number of benzene rings is 3. The molecular weight excluding hydrogens is 1630 g/mol. The van der Waals surface area contributed by atoms with Crippen molar-refractivity contribution in [3.8, 4) is 17.1 Å². The summed E-state index contributed by atoms with van der Waals surface area (Å²) in [6, 6.07) is 11.1. The molecular formula is C73H85B3BrF5N14O16S3. The fraction of sp³-hybridized carbons (Fsp3) is 0.370. The van der Waals surface area contributed by atoms with Crippen LogP contribution in [-0.2, 0) is 58.6 Å². The molecule has 3 saturated heterocycles. The predicted octanol–water partition coefficient (Wildman–Crippen LogP) is 11.2. The third-order valence-corrected chi connectivity index (χ3v) is 24.9. The van der Waals surface area contributed by atoms with Gasteiger partial charge in [0.2, 0.25) is 17.4 Å². The zero-order valence-electron chi connectivity index (χ0n) is 66.4. The fourth-order valence-corrected chi connectivity index (χ4v) is 13.5. The molecule has 0 amide bonds. The van der Waals surface area contributed by atoms with Crippen molar-refractivity contribution in [1.29, 1.82) is 0 Å². The quantitative estimate of drug-likeness (QED) is 0.0234. The Morgan fingerprint density at radius 1 is 0.470 bits per heavy atom. The van der Waals surface area contributed by atoms with Crippen LogP contribution in [0.15, 0.2) is 109 Å². The lowest BCUT2D eigenvalue weighted by Gasteiger charge is -2.32. The number of nitrogens with zero attached hydrogens (tertiary/aromatic N) is 8.